The largest absolute Gasteiger partial charge is 0.326 e. The van der Waals surface area contributed by atoms with Gasteiger partial charge in [0.05, 0.1) is 5.02 Å². The normalized spacial score (nSPS) is 18.8. The second-order valence-electron chi connectivity index (χ2n) is 5.91. The van der Waals surface area contributed by atoms with Gasteiger partial charge in [-0.3, -0.25) is 4.90 Å². The molecule has 19 heavy (non-hydrogen) atoms. The van der Waals surface area contributed by atoms with Crippen molar-refractivity contribution in [3.05, 3.63) is 34.6 Å². The summed E-state index contributed by atoms with van der Waals surface area (Å²) in [5.74, 6) is -0.377. The standard InChI is InChI=1S/C15H22ClFN2/c1-15(2,19-7-3-4-8-19)14(18)10-11-5-6-13(17)12(16)9-11/h5-6,9,14H,3-4,7-8,10,18H2,1-2H3. The zero-order valence-electron chi connectivity index (χ0n) is 11.6. The first-order valence-corrected chi connectivity index (χ1v) is 7.23. The lowest BCUT2D eigenvalue weighted by Gasteiger charge is -2.40. The van der Waals surface area contributed by atoms with Gasteiger partial charge in [-0.1, -0.05) is 17.7 Å². The van der Waals surface area contributed by atoms with Crippen LogP contribution in [0.15, 0.2) is 18.2 Å². The van der Waals surface area contributed by atoms with E-state index in [2.05, 4.69) is 18.7 Å². The van der Waals surface area contributed by atoms with Gasteiger partial charge in [0.2, 0.25) is 0 Å². The Hall–Kier alpha value is -0.640. The van der Waals surface area contributed by atoms with Crippen LogP contribution in [0.2, 0.25) is 5.02 Å². The number of hydrogen-bond acceptors (Lipinski definition) is 2. The highest BCUT2D eigenvalue weighted by atomic mass is 35.5. The van der Waals surface area contributed by atoms with Crippen LogP contribution in [-0.4, -0.2) is 29.6 Å². The summed E-state index contributed by atoms with van der Waals surface area (Å²) < 4.78 is 13.1. The first-order valence-electron chi connectivity index (χ1n) is 6.86. The average molecular weight is 285 g/mol. The van der Waals surface area contributed by atoms with E-state index in [-0.39, 0.29) is 22.4 Å². The second-order valence-corrected chi connectivity index (χ2v) is 6.31. The first kappa shape index (κ1) is 14.8. The highest BCUT2D eigenvalue weighted by Gasteiger charge is 2.34. The Morgan fingerprint density at radius 2 is 2.00 bits per heavy atom. The van der Waals surface area contributed by atoms with Crippen LogP contribution in [0.4, 0.5) is 4.39 Å². The monoisotopic (exact) mass is 284 g/mol. The minimum absolute atomic E-state index is 0.00660. The zero-order chi connectivity index (χ0) is 14.0. The molecule has 1 heterocycles. The van der Waals surface area contributed by atoms with E-state index in [1.165, 1.54) is 18.9 Å². The molecule has 1 aromatic rings. The maximum atomic E-state index is 13.1. The predicted octanol–water partition coefficient (Wildman–Crippen LogP) is 3.22. The lowest BCUT2D eigenvalue weighted by Crippen LogP contribution is -2.55. The molecule has 1 saturated heterocycles. The molecule has 2 N–H and O–H groups in total. The molecule has 1 fully saturated rings. The van der Waals surface area contributed by atoms with Crippen molar-refractivity contribution in [3.8, 4) is 0 Å². The summed E-state index contributed by atoms with van der Waals surface area (Å²) in [5.41, 5.74) is 7.32. The Labute approximate surface area is 119 Å². The van der Waals surface area contributed by atoms with Gasteiger partial charge in [0.15, 0.2) is 0 Å². The van der Waals surface area contributed by atoms with Crippen molar-refractivity contribution in [2.45, 2.75) is 44.7 Å². The SMILES string of the molecule is CC(C)(C(N)Cc1ccc(F)c(Cl)c1)N1CCCC1. The van der Waals surface area contributed by atoms with Crippen LogP contribution in [-0.2, 0) is 6.42 Å². The average Bonchev–Trinajstić information content (AvgIpc) is 2.88. The van der Waals surface area contributed by atoms with E-state index in [1.54, 1.807) is 12.1 Å². The van der Waals surface area contributed by atoms with Crippen LogP contribution >= 0.6 is 11.6 Å². The van der Waals surface area contributed by atoms with Crippen LogP contribution in [0.25, 0.3) is 0 Å². The third kappa shape index (κ3) is 3.28. The summed E-state index contributed by atoms with van der Waals surface area (Å²) in [5, 5.41) is 0.170. The van der Waals surface area contributed by atoms with E-state index in [0.717, 1.165) is 18.7 Å². The van der Waals surface area contributed by atoms with Gasteiger partial charge >= 0.3 is 0 Å². The maximum Gasteiger partial charge on any atom is 0.141 e. The molecule has 0 spiro atoms. The van der Waals surface area contributed by atoms with Crippen molar-refractivity contribution in [1.82, 2.24) is 4.90 Å². The zero-order valence-corrected chi connectivity index (χ0v) is 12.4. The van der Waals surface area contributed by atoms with Gasteiger partial charge in [-0.25, -0.2) is 4.39 Å². The Morgan fingerprint density at radius 1 is 1.37 bits per heavy atom. The van der Waals surface area contributed by atoms with Crippen molar-refractivity contribution in [3.63, 3.8) is 0 Å². The van der Waals surface area contributed by atoms with Crippen LogP contribution in [0, 0.1) is 5.82 Å². The Morgan fingerprint density at radius 3 is 2.58 bits per heavy atom. The quantitative estimate of drug-likeness (QED) is 0.920. The molecular formula is C15H22ClFN2. The summed E-state index contributed by atoms with van der Waals surface area (Å²) >= 11 is 5.81. The molecule has 1 unspecified atom stereocenters. The van der Waals surface area contributed by atoms with Gasteiger partial charge in [0.25, 0.3) is 0 Å². The molecule has 0 aliphatic carbocycles. The van der Waals surface area contributed by atoms with Gasteiger partial charge in [-0.05, 0) is 63.9 Å². The van der Waals surface area contributed by atoms with Gasteiger partial charge < -0.3 is 5.73 Å². The molecule has 0 aromatic heterocycles. The van der Waals surface area contributed by atoms with Crippen molar-refractivity contribution >= 4 is 11.6 Å². The summed E-state index contributed by atoms with van der Waals surface area (Å²) in [6.45, 7) is 6.61. The van der Waals surface area contributed by atoms with Crippen molar-refractivity contribution in [2.75, 3.05) is 13.1 Å². The lowest BCUT2D eigenvalue weighted by molar-refractivity contribution is 0.123. The molecule has 4 heteroatoms. The lowest BCUT2D eigenvalue weighted by atomic mass is 9.88. The number of rotatable bonds is 4. The minimum atomic E-state index is -0.377. The van der Waals surface area contributed by atoms with E-state index < -0.39 is 0 Å². The fourth-order valence-electron chi connectivity index (χ4n) is 2.70. The summed E-state index contributed by atoms with van der Waals surface area (Å²) in [6.07, 6.45) is 3.21. The maximum absolute atomic E-state index is 13.1. The molecule has 0 saturated carbocycles. The molecule has 1 atom stereocenters. The number of benzene rings is 1. The number of nitrogens with two attached hydrogens (primary N) is 1. The predicted molar refractivity (Wildman–Crippen MR) is 78.0 cm³/mol. The molecule has 1 aliphatic heterocycles. The van der Waals surface area contributed by atoms with Crippen LogP contribution < -0.4 is 5.73 Å². The van der Waals surface area contributed by atoms with Gasteiger partial charge in [-0.2, -0.15) is 0 Å². The fourth-order valence-corrected chi connectivity index (χ4v) is 2.90. The van der Waals surface area contributed by atoms with E-state index in [0.29, 0.717) is 6.42 Å². The molecule has 0 bridgehead atoms. The Bertz CT molecular complexity index is 442. The Kier molecular flexibility index (Phi) is 4.49. The number of halogens is 2. The molecular weight excluding hydrogens is 263 g/mol. The van der Waals surface area contributed by atoms with Crippen molar-refractivity contribution in [2.24, 2.45) is 5.73 Å². The van der Waals surface area contributed by atoms with E-state index in [1.807, 2.05) is 0 Å². The first-order chi connectivity index (χ1) is 8.91. The summed E-state index contributed by atoms with van der Waals surface area (Å²) in [4.78, 5) is 2.45. The van der Waals surface area contributed by atoms with Crippen molar-refractivity contribution < 1.29 is 4.39 Å². The van der Waals surface area contributed by atoms with Gasteiger partial charge in [0, 0.05) is 11.6 Å². The molecule has 1 aromatic carbocycles. The second kappa shape index (κ2) is 5.78. The Balaban J connectivity index is 2.06. The van der Waals surface area contributed by atoms with Crippen LogP contribution in [0.1, 0.15) is 32.3 Å². The number of hydrogen-bond donors (Lipinski definition) is 1. The highest BCUT2D eigenvalue weighted by Crippen LogP contribution is 2.26. The van der Waals surface area contributed by atoms with E-state index in [4.69, 9.17) is 17.3 Å². The van der Waals surface area contributed by atoms with E-state index in [9.17, 15) is 4.39 Å². The van der Waals surface area contributed by atoms with Gasteiger partial charge in [-0.15, -0.1) is 0 Å². The smallest absolute Gasteiger partial charge is 0.141 e. The van der Waals surface area contributed by atoms with E-state index >= 15 is 0 Å². The molecule has 2 nitrogen and oxygen atoms in total. The van der Waals surface area contributed by atoms with Crippen LogP contribution in [0.3, 0.4) is 0 Å². The highest BCUT2D eigenvalue weighted by molar-refractivity contribution is 6.30. The number of likely N-dealkylation sites (tertiary alicyclic amines) is 1. The summed E-state index contributed by atoms with van der Waals surface area (Å²) in [7, 11) is 0. The molecule has 0 amide bonds. The van der Waals surface area contributed by atoms with Gasteiger partial charge in [0.1, 0.15) is 5.82 Å². The molecule has 2 rings (SSSR count). The topological polar surface area (TPSA) is 29.3 Å². The third-order valence-corrected chi connectivity index (χ3v) is 4.56. The molecule has 0 radical (unpaired) electrons. The number of nitrogens with zero attached hydrogens (tertiary/aromatic N) is 1. The molecule has 1 aliphatic rings. The van der Waals surface area contributed by atoms with Crippen LogP contribution in [0.5, 0.6) is 0 Å². The fraction of sp³-hybridized carbons (Fsp3) is 0.600. The minimum Gasteiger partial charge on any atom is -0.326 e. The molecule has 106 valence electrons. The van der Waals surface area contributed by atoms with Crippen molar-refractivity contribution in [1.29, 1.82) is 0 Å². The summed E-state index contributed by atoms with van der Waals surface area (Å²) in [6, 6.07) is 4.86. The third-order valence-electron chi connectivity index (χ3n) is 4.27.